The highest BCUT2D eigenvalue weighted by Gasteiger charge is 2.38. The van der Waals surface area contributed by atoms with Gasteiger partial charge in [0.2, 0.25) is 25.4 Å². The fraction of sp³-hybridized carbons (Fsp3) is 0.385. The molecule has 0 bridgehead atoms. The molecule has 0 aliphatic carbocycles. The van der Waals surface area contributed by atoms with E-state index in [1.807, 2.05) is 51.1 Å². The van der Waals surface area contributed by atoms with Crippen LogP contribution < -0.4 is 29.6 Å². The zero-order valence-corrected chi connectivity index (χ0v) is 31.9. The molecule has 0 saturated carbocycles. The fourth-order valence-corrected chi connectivity index (χ4v) is 6.78. The third kappa shape index (κ3) is 8.54. The van der Waals surface area contributed by atoms with Crippen LogP contribution in [-0.4, -0.2) is 65.9 Å². The number of hydrogen-bond acceptors (Lipinski definition) is 9. The van der Waals surface area contributed by atoms with Crippen molar-refractivity contribution in [1.29, 1.82) is 0 Å². The van der Waals surface area contributed by atoms with E-state index in [1.54, 1.807) is 44.2 Å². The van der Waals surface area contributed by atoms with Crippen molar-refractivity contribution in [3.8, 4) is 23.0 Å². The molecular weight excluding hydrogens is 748 g/mol. The predicted molar refractivity (Wildman–Crippen MR) is 197 cm³/mol. The minimum Gasteiger partial charge on any atom is -0.463 e. The van der Waals surface area contributed by atoms with Crippen molar-refractivity contribution in [2.75, 3.05) is 26.7 Å². The van der Waals surface area contributed by atoms with Crippen LogP contribution in [0, 0.1) is 0 Å². The molecule has 3 heterocycles. The number of hydrogen-bond donors (Lipinski definition) is 2. The zero-order chi connectivity index (χ0) is 37.9. The van der Waals surface area contributed by atoms with Gasteiger partial charge >= 0.3 is 12.0 Å². The maximum absolute atomic E-state index is 14.5. The summed E-state index contributed by atoms with van der Waals surface area (Å²) in [6.45, 7) is 9.55. The number of carbonyl (C=O) groups excluding carboxylic acids is 4. The van der Waals surface area contributed by atoms with E-state index < -0.39 is 29.6 Å². The van der Waals surface area contributed by atoms with Crippen molar-refractivity contribution < 1.29 is 42.9 Å². The Labute approximate surface area is 316 Å². The Hall–Kier alpha value is -5.24. The number of amides is 4. The van der Waals surface area contributed by atoms with Crippen molar-refractivity contribution in [3.63, 3.8) is 0 Å². The number of carbonyl (C=O) groups is 4. The Balaban J connectivity index is 1.29. The summed E-state index contributed by atoms with van der Waals surface area (Å²) in [6.07, 6.45) is 0.214. The van der Waals surface area contributed by atoms with Crippen LogP contribution in [0.2, 0.25) is 0 Å². The van der Waals surface area contributed by atoms with Gasteiger partial charge in [-0.25, -0.2) is 9.59 Å². The van der Waals surface area contributed by atoms with Crippen molar-refractivity contribution in [1.82, 2.24) is 20.4 Å². The van der Waals surface area contributed by atoms with E-state index in [0.717, 1.165) is 15.6 Å². The first-order chi connectivity index (χ1) is 25.3. The van der Waals surface area contributed by atoms with E-state index in [-0.39, 0.29) is 57.9 Å². The largest absolute Gasteiger partial charge is 0.463 e. The molecule has 4 amide bonds. The van der Waals surface area contributed by atoms with Crippen LogP contribution in [0.4, 0.5) is 4.79 Å². The van der Waals surface area contributed by atoms with Crippen molar-refractivity contribution in [2.45, 2.75) is 71.6 Å². The van der Waals surface area contributed by atoms with Gasteiger partial charge in [0.1, 0.15) is 6.04 Å². The van der Waals surface area contributed by atoms with Gasteiger partial charge in [-0.15, -0.1) is 0 Å². The Morgan fingerprint density at radius 2 is 1.60 bits per heavy atom. The number of fused-ring (bicyclic) bond motifs is 2. The summed E-state index contributed by atoms with van der Waals surface area (Å²) in [7, 11) is 0. The minimum atomic E-state index is -1.05. The van der Waals surface area contributed by atoms with Crippen LogP contribution in [0.3, 0.4) is 0 Å². The highest BCUT2D eigenvalue weighted by molar-refractivity contribution is 9.10. The lowest BCUT2D eigenvalue weighted by molar-refractivity contribution is -0.142. The van der Waals surface area contributed by atoms with Gasteiger partial charge in [0.15, 0.2) is 23.0 Å². The van der Waals surface area contributed by atoms with Gasteiger partial charge in [-0.3, -0.25) is 14.5 Å². The number of nitrogens with one attached hydrogen (secondary N) is 2. The maximum Gasteiger partial charge on any atom is 0.338 e. The topological polar surface area (TPSA) is 145 Å². The van der Waals surface area contributed by atoms with E-state index in [1.165, 1.54) is 9.80 Å². The Bertz CT molecular complexity index is 1920. The number of halogens is 1. The average molecular weight is 792 g/mol. The van der Waals surface area contributed by atoms with Gasteiger partial charge in [-0.1, -0.05) is 40.2 Å². The second kappa shape index (κ2) is 15.8. The van der Waals surface area contributed by atoms with Crippen LogP contribution in [0.25, 0.3) is 0 Å². The highest BCUT2D eigenvalue weighted by Crippen LogP contribution is 2.38. The monoisotopic (exact) mass is 790 g/mol. The van der Waals surface area contributed by atoms with Crippen molar-refractivity contribution >= 4 is 39.7 Å². The molecule has 0 aromatic heterocycles. The molecule has 3 aromatic rings. The van der Waals surface area contributed by atoms with Crippen LogP contribution >= 0.6 is 15.9 Å². The molecule has 2 atom stereocenters. The number of nitrogens with zero attached hydrogens (tertiary/aromatic N) is 2. The van der Waals surface area contributed by atoms with Crippen molar-refractivity contribution in [3.05, 3.63) is 93.1 Å². The third-order valence-corrected chi connectivity index (χ3v) is 9.48. The van der Waals surface area contributed by atoms with Crippen LogP contribution in [0.15, 0.2) is 76.4 Å². The molecule has 2 N–H and O–H groups in total. The standard InChI is InChI=1S/C39H43BrN4O9/c1-6-49-37(47)33-23(2)43(38(48)41-34(33)25-10-13-27(40)14-11-25)17-7-8-32(45)44(20-24-9-15-28-30(18-24)52-21-50-28)35(36(46)42-39(3,4)5)26-12-16-29-31(19-26)53-22-51-29/h9-16,18-19,34-35H,6-8,17,20-22H2,1-5H3,(H,41,48)(H,42,46). The number of esters is 1. The van der Waals surface area contributed by atoms with Crippen LogP contribution in [0.1, 0.15) is 76.2 Å². The summed E-state index contributed by atoms with van der Waals surface area (Å²) in [4.78, 5) is 58.4. The summed E-state index contributed by atoms with van der Waals surface area (Å²) in [5.74, 6) is 0.923. The quantitative estimate of drug-likeness (QED) is 0.203. The number of benzene rings is 3. The van der Waals surface area contributed by atoms with Crippen molar-refractivity contribution in [2.24, 2.45) is 0 Å². The summed E-state index contributed by atoms with van der Waals surface area (Å²) < 4.78 is 28.5. The maximum atomic E-state index is 14.5. The summed E-state index contributed by atoms with van der Waals surface area (Å²) in [6, 6.07) is 15.8. The Morgan fingerprint density at radius 3 is 2.26 bits per heavy atom. The molecule has 2 unspecified atom stereocenters. The molecule has 3 aliphatic rings. The molecule has 0 radical (unpaired) electrons. The number of urea groups is 1. The summed E-state index contributed by atoms with van der Waals surface area (Å²) in [5.41, 5.74) is 2.14. The lowest BCUT2D eigenvalue weighted by Gasteiger charge is -2.36. The average Bonchev–Trinajstić information content (AvgIpc) is 3.78. The highest BCUT2D eigenvalue weighted by atomic mass is 79.9. The second-order valence-corrected chi connectivity index (χ2v) is 14.8. The van der Waals surface area contributed by atoms with Crippen LogP contribution in [-0.2, 0) is 25.7 Å². The first-order valence-corrected chi connectivity index (χ1v) is 18.2. The van der Waals surface area contributed by atoms with Crippen LogP contribution in [0.5, 0.6) is 23.0 Å². The fourth-order valence-electron chi connectivity index (χ4n) is 6.51. The smallest absolute Gasteiger partial charge is 0.338 e. The van der Waals surface area contributed by atoms with Gasteiger partial charge < -0.3 is 39.2 Å². The molecule has 3 aliphatic heterocycles. The molecule has 0 spiro atoms. The first kappa shape index (κ1) is 37.5. The Kier molecular flexibility index (Phi) is 11.2. The molecule has 280 valence electrons. The molecule has 13 nitrogen and oxygen atoms in total. The first-order valence-electron chi connectivity index (χ1n) is 17.4. The Morgan fingerprint density at radius 1 is 0.962 bits per heavy atom. The lowest BCUT2D eigenvalue weighted by Crippen LogP contribution is -2.49. The molecule has 0 fully saturated rings. The molecule has 3 aromatic carbocycles. The van der Waals surface area contributed by atoms with Gasteiger partial charge in [0.05, 0.1) is 18.2 Å². The van der Waals surface area contributed by atoms with E-state index in [0.29, 0.717) is 39.8 Å². The molecular formula is C39H43BrN4O9. The third-order valence-electron chi connectivity index (χ3n) is 8.95. The molecule has 6 rings (SSSR count). The SMILES string of the molecule is CCOC(=O)C1=C(C)N(CCCC(=O)N(Cc2ccc3c(c2)OCO3)C(C(=O)NC(C)(C)C)c2ccc3c(c2)OCO3)C(=O)NC1c1ccc(Br)cc1. The molecule has 14 heteroatoms. The summed E-state index contributed by atoms with van der Waals surface area (Å²) >= 11 is 3.43. The molecule has 53 heavy (non-hydrogen) atoms. The van der Waals surface area contributed by atoms with Gasteiger partial charge in [0, 0.05) is 35.2 Å². The zero-order valence-electron chi connectivity index (χ0n) is 30.3. The second-order valence-electron chi connectivity index (χ2n) is 13.9. The number of allylic oxidation sites excluding steroid dienone is 1. The van der Waals surface area contributed by atoms with Gasteiger partial charge in [-0.05, 0) is 94.1 Å². The predicted octanol–water partition coefficient (Wildman–Crippen LogP) is 6.27. The normalized spacial score (nSPS) is 16.6. The number of ether oxygens (including phenoxy) is 5. The van der Waals surface area contributed by atoms with Gasteiger partial charge in [0.25, 0.3) is 0 Å². The minimum absolute atomic E-state index is 0.0175. The molecule has 0 saturated heterocycles. The van der Waals surface area contributed by atoms with E-state index in [4.69, 9.17) is 23.7 Å². The van der Waals surface area contributed by atoms with E-state index in [2.05, 4.69) is 26.6 Å². The van der Waals surface area contributed by atoms with E-state index >= 15 is 0 Å². The van der Waals surface area contributed by atoms with Gasteiger partial charge in [-0.2, -0.15) is 0 Å². The lowest BCUT2D eigenvalue weighted by atomic mass is 9.95. The summed E-state index contributed by atoms with van der Waals surface area (Å²) in [5, 5.41) is 6.00. The van der Waals surface area contributed by atoms with E-state index in [9.17, 15) is 19.2 Å². The number of rotatable bonds is 12.